The van der Waals surface area contributed by atoms with E-state index in [1.807, 2.05) is 32.0 Å². The van der Waals surface area contributed by atoms with Gasteiger partial charge in [0.1, 0.15) is 0 Å². The Kier molecular flexibility index (Phi) is 29.7. The molecule has 6 nitrogen and oxygen atoms in total. The van der Waals surface area contributed by atoms with Gasteiger partial charge in [-0.2, -0.15) is 0 Å². The molecule has 0 fully saturated rings. The Bertz CT molecular complexity index is 1650. The van der Waals surface area contributed by atoms with Crippen LogP contribution in [0.5, 0.6) is 0 Å². The van der Waals surface area contributed by atoms with Gasteiger partial charge in [-0.1, -0.05) is 192 Å². The van der Waals surface area contributed by atoms with Crippen LogP contribution in [0.1, 0.15) is 155 Å². The van der Waals surface area contributed by atoms with E-state index in [2.05, 4.69) is 103 Å². The minimum Gasteiger partial charge on any atom is -0.748 e. The van der Waals surface area contributed by atoms with E-state index in [4.69, 9.17) is 18.0 Å². The fourth-order valence-electron chi connectivity index (χ4n) is 6.05. The number of anilines is 1. The third-order valence-corrected chi connectivity index (χ3v) is 8.87. The van der Waals surface area contributed by atoms with Gasteiger partial charge in [0.2, 0.25) is 5.91 Å². The molecule has 0 aromatic heterocycles. The molecule has 56 heavy (non-hydrogen) atoms. The van der Waals surface area contributed by atoms with Crippen LogP contribution >= 0.6 is 0 Å². The van der Waals surface area contributed by atoms with E-state index in [-0.39, 0.29) is 20.8 Å². The first-order valence-corrected chi connectivity index (χ1v) is 22.1. The Balaban J connectivity index is 0.00000311. The maximum absolute atomic E-state index is 12.4. The number of amides is 1. The molecule has 1 N–H and O–H groups in total. The lowest BCUT2D eigenvalue weighted by Crippen LogP contribution is -2.10. The molecule has 0 heterocycles. The van der Waals surface area contributed by atoms with Crippen molar-refractivity contribution in [3.63, 3.8) is 0 Å². The molecule has 0 spiro atoms. The summed E-state index contributed by atoms with van der Waals surface area (Å²) in [5, 5.41) is 3.06. The summed E-state index contributed by atoms with van der Waals surface area (Å²) in [6.07, 6.45) is 32.6. The van der Waals surface area contributed by atoms with Gasteiger partial charge >= 0.3 is 0 Å². The molecule has 0 aliphatic heterocycles. The first-order valence-electron chi connectivity index (χ1n) is 20.3. The molecule has 0 unspecified atom stereocenters. The van der Waals surface area contributed by atoms with Crippen molar-refractivity contribution in [2.24, 2.45) is 4.99 Å². The smallest absolute Gasteiger partial charge is 0.224 e. The van der Waals surface area contributed by atoms with Crippen molar-refractivity contribution in [2.75, 3.05) is 11.6 Å². The summed E-state index contributed by atoms with van der Waals surface area (Å²) in [6, 6.07) is 27.1. The first-order chi connectivity index (χ1) is 26.2. The van der Waals surface area contributed by atoms with Gasteiger partial charge in [0.15, 0.2) is 0 Å². The lowest BCUT2D eigenvalue weighted by Gasteiger charge is -2.07. The third kappa shape index (κ3) is 26.7. The van der Waals surface area contributed by atoms with Crippen LogP contribution in [-0.4, -0.2) is 30.8 Å². The average molecular weight is 786 g/mol. The lowest BCUT2D eigenvalue weighted by atomic mass is 10.0. The zero-order chi connectivity index (χ0) is 39.3. The Morgan fingerprint density at radius 3 is 1.57 bits per heavy atom. The third-order valence-electron chi connectivity index (χ3n) is 8.87. The molecule has 0 atom stereocenters. The second kappa shape index (κ2) is 32.1. The number of benzene rings is 3. The number of rotatable bonds is 21. The first kappa shape index (κ1) is 51.9. The van der Waals surface area contributed by atoms with Gasteiger partial charge in [-0.3, -0.25) is 4.79 Å². The van der Waals surface area contributed by atoms with Gasteiger partial charge in [0.05, 0.1) is 21.5 Å². The zero-order valence-corrected chi connectivity index (χ0v) is 34.2. The van der Waals surface area contributed by atoms with Gasteiger partial charge < -0.3 is 9.87 Å². The monoisotopic (exact) mass is 786 g/mol. The van der Waals surface area contributed by atoms with Crippen LogP contribution in [-0.2, 0) is 21.3 Å². The van der Waals surface area contributed by atoms with Crippen molar-refractivity contribution in [2.45, 2.75) is 145 Å². The Morgan fingerprint density at radius 1 is 0.643 bits per heavy atom. The molecule has 3 aromatic rings. The summed E-state index contributed by atoms with van der Waals surface area (Å²) in [5.74, 6) is 0.113. The predicted octanol–water partition coefficient (Wildman–Crippen LogP) is 14.2. The molecule has 3 aromatic carbocycles. The van der Waals surface area contributed by atoms with Crippen molar-refractivity contribution in [1.82, 2.24) is 0 Å². The van der Waals surface area contributed by atoms with Crippen LogP contribution in [0.25, 0.3) is 6.08 Å². The highest BCUT2D eigenvalue weighted by molar-refractivity contribution is 7.84. The van der Waals surface area contributed by atoms with E-state index in [1.165, 1.54) is 94.6 Å². The number of carbonyl (C=O) groups excluding carboxylic acids is 1. The number of unbranched alkanes of at least 4 members (excludes halogenated alkanes) is 14. The SMILES string of the molecule is C.C.CC.CCCCCCCCCCCCCCCCCC(=O)Nc1ccc(C=C2C=CC(=Nc3ccc(Cc4ccccc4)cc3)C=C2)cc1.CS(=O)(=O)[O-]. The fourth-order valence-corrected chi connectivity index (χ4v) is 6.05. The molecule has 0 saturated heterocycles. The molecular formula is C49H73N2O4S-. The summed E-state index contributed by atoms with van der Waals surface area (Å²) < 4.78 is 27.2. The molecule has 1 amide bonds. The molecule has 0 saturated carbocycles. The predicted molar refractivity (Wildman–Crippen MR) is 244 cm³/mol. The van der Waals surface area contributed by atoms with Gasteiger partial charge in [-0.15, -0.1) is 0 Å². The van der Waals surface area contributed by atoms with E-state index in [0.29, 0.717) is 12.7 Å². The van der Waals surface area contributed by atoms with E-state index in [9.17, 15) is 4.79 Å². The summed E-state index contributed by atoms with van der Waals surface area (Å²) in [6.45, 7) is 6.28. The van der Waals surface area contributed by atoms with E-state index in [1.54, 1.807) is 0 Å². The highest BCUT2D eigenvalue weighted by Gasteiger charge is 2.04. The normalized spacial score (nSPS) is 11.5. The number of aliphatic imine (C=N–C) groups is 1. The summed E-state index contributed by atoms with van der Waals surface area (Å²) in [4.78, 5) is 17.2. The maximum Gasteiger partial charge on any atom is 0.224 e. The van der Waals surface area contributed by atoms with Crippen LogP contribution in [0, 0.1) is 0 Å². The zero-order valence-electron chi connectivity index (χ0n) is 33.4. The van der Waals surface area contributed by atoms with Gasteiger partial charge in [0.25, 0.3) is 0 Å². The molecule has 310 valence electrons. The molecule has 4 rings (SSSR count). The second-order valence-electron chi connectivity index (χ2n) is 13.8. The number of nitrogens with one attached hydrogen (secondary N) is 1. The molecule has 1 aliphatic carbocycles. The van der Waals surface area contributed by atoms with Crippen LogP contribution < -0.4 is 5.32 Å². The van der Waals surface area contributed by atoms with Gasteiger partial charge in [-0.05, 0) is 77.6 Å². The number of nitrogens with zero attached hydrogens (tertiary/aromatic N) is 1. The largest absolute Gasteiger partial charge is 0.748 e. The van der Waals surface area contributed by atoms with Gasteiger partial charge in [0, 0.05) is 18.4 Å². The molecular weight excluding hydrogens is 713 g/mol. The Labute approximate surface area is 342 Å². The number of carbonyl (C=O) groups is 1. The highest BCUT2D eigenvalue weighted by Crippen LogP contribution is 2.20. The van der Waals surface area contributed by atoms with E-state index in [0.717, 1.165) is 47.5 Å². The minimum absolute atomic E-state index is 0. The minimum atomic E-state index is -3.92. The molecule has 0 radical (unpaired) electrons. The summed E-state index contributed by atoms with van der Waals surface area (Å²) in [7, 11) is -3.92. The van der Waals surface area contributed by atoms with Crippen LogP contribution in [0.2, 0.25) is 0 Å². The van der Waals surface area contributed by atoms with Crippen molar-refractivity contribution in [3.05, 3.63) is 125 Å². The van der Waals surface area contributed by atoms with E-state index < -0.39 is 10.1 Å². The van der Waals surface area contributed by atoms with Crippen molar-refractivity contribution in [1.29, 1.82) is 0 Å². The van der Waals surface area contributed by atoms with E-state index >= 15 is 0 Å². The molecule has 0 bridgehead atoms. The summed E-state index contributed by atoms with van der Waals surface area (Å²) in [5.41, 5.74) is 7.56. The number of hydrogen-bond donors (Lipinski definition) is 1. The van der Waals surface area contributed by atoms with Crippen LogP contribution in [0.15, 0.2) is 114 Å². The Morgan fingerprint density at radius 2 is 1.09 bits per heavy atom. The van der Waals surface area contributed by atoms with Crippen molar-refractivity contribution >= 4 is 39.2 Å². The lowest BCUT2D eigenvalue weighted by molar-refractivity contribution is -0.116. The van der Waals surface area contributed by atoms with Crippen LogP contribution in [0.4, 0.5) is 11.4 Å². The highest BCUT2D eigenvalue weighted by atomic mass is 32.2. The number of hydrogen-bond acceptors (Lipinski definition) is 5. The average Bonchev–Trinajstić information content (AvgIpc) is 3.16. The van der Waals surface area contributed by atoms with Crippen molar-refractivity contribution < 1.29 is 17.8 Å². The van der Waals surface area contributed by atoms with Crippen molar-refractivity contribution in [3.8, 4) is 0 Å². The standard InChI is InChI=1S/C44H56N2O.C2H6.CH4O3S.2CH4/c1-2-3-4-5-6-7-8-9-10-11-12-13-14-15-19-22-44(47)46-43-33-27-40(28-34-43)36-39-25-31-42(32-26-39)45-41-29-23-38(24-30-41)35-37-20-17-16-18-21-37;1-2;1-5(2,3)4;;/h16-18,20-21,23-34,36H,2-15,19,22,35H2,1H3,(H,46,47);1-2H3;1H3,(H,2,3,4);2*1H4/p-1. The maximum atomic E-state index is 12.4. The number of allylic oxidation sites excluding steroid dienone is 5. The van der Waals surface area contributed by atoms with Gasteiger partial charge in [-0.25, -0.2) is 13.4 Å². The second-order valence-corrected chi connectivity index (χ2v) is 15.2. The summed E-state index contributed by atoms with van der Waals surface area (Å²) >= 11 is 0. The quantitative estimate of drug-likeness (QED) is 0.0858. The Hall–Kier alpha value is -4.07. The topological polar surface area (TPSA) is 98.7 Å². The fraction of sp³-hybridized carbons (Fsp3) is 0.469. The molecule has 7 heteroatoms. The van der Waals surface area contributed by atoms with Crippen LogP contribution in [0.3, 0.4) is 0 Å². The molecule has 1 aliphatic rings.